The third-order valence-electron chi connectivity index (χ3n) is 2.60. The summed E-state index contributed by atoms with van der Waals surface area (Å²) in [5, 5.41) is 11.5. The van der Waals surface area contributed by atoms with E-state index in [1.54, 1.807) is 18.2 Å². The molecule has 0 spiro atoms. The number of rotatable bonds is 8. The van der Waals surface area contributed by atoms with Gasteiger partial charge in [-0.1, -0.05) is 19.1 Å². The number of hydrogen-bond acceptors (Lipinski definition) is 3. The van der Waals surface area contributed by atoms with Crippen LogP contribution < -0.4 is 10.1 Å². The average Bonchev–Trinajstić information content (AvgIpc) is 2.42. The molecular weight excluding hydrogens is 249 g/mol. The van der Waals surface area contributed by atoms with E-state index in [1.807, 2.05) is 6.92 Å². The van der Waals surface area contributed by atoms with Gasteiger partial charge in [0.05, 0.1) is 6.61 Å². The van der Waals surface area contributed by atoms with Crippen molar-refractivity contribution in [1.29, 1.82) is 0 Å². The van der Waals surface area contributed by atoms with E-state index in [1.165, 1.54) is 6.07 Å². The number of nitrogens with one attached hydrogen (secondary N) is 1. The zero-order chi connectivity index (χ0) is 14.1. The molecule has 0 bridgehead atoms. The Morgan fingerprint density at radius 3 is 2.89 bits per heavy atom. The molecule has 0 fully saturated rings. The zero-order valence-electron chi connectivity index (χ0n) is 11.1. The number of benzene rings is 1. The summed E-state index contributed by atoms with van der Waals surface area (Å²) in [4.78, 5) is 11.4. The van der Waals surface area contributed by atoms with Gasteiger partial charge < -0.3 is 15.2 Å². The van der Waals surface area contributed by atoms with E-state index >= 15 is 0 Å². The molecule has 0 aliphatic heterocycles. The third-order valence-corrected chi connectivity index (χ3v) is 2.60. The minimum Gasteiger partial charge on any atom is -0.491 e. The molecule has 0 aromatic heterocycles. The Hall–Kier alpha value is -1.62. The molecule has 4 nitrogen and oxygen atoms in total. The number of aliphatic hydroxyl groups is 1. The zero-order valence-corrected chi connectivity index (χ0v) is 11.1. The largest absolute Gasteiger partial charge is 0.491 e. The highest BCUT2D eigenvalue weighted by Crippen LogP contribution is 2.15. The molecule has 1 atom stereocenters. The first kappa shape index (κ1) is 15.4. The van der Waals surface area contributed by atoms with Gasteiger partial charge in [-0.05, 0) is 24.5 Å². The lowest BCUT2D eigenvalue weighted by Gasteiger charge is -2.10. The SMILES string of the molecule is CC(CO)CNC(=O)CCCOc1ccccc1F. The van der Waals surface area contributed by atoms with Crippen molar-refractivity contribution in [2.45, 2.75) is 19.8 Å². The first-order valence-corrected chi connectivity index (χ1v) is 6.38. The Morgan fingerprint density at radius 2 is 2.21 bits per heavy atom. The van der Waals surface area contributed by atoms with Crippen molar-refractivity contribution in [3.05, 3.63) is 30.1 Å². The highest BCUT2D eigenvalue weighted by atomic mass is 19.1. The van der Waals surface area contributed by atoms with Crippen LogP contribution in [-0.2, 0) is 4.79 Å². The minimum absolute atomic E-state index is 0.0523. The Bertz CT molecular complexity index is 398. The Balaban J connectivity index is 2.14. The van der Waals surface area contributed by atoms with Crippen LogP contribution in [0.3, 0.4) is 0 Å². The summed E-state index contributed by atoms with van der Waals surface area (Å²) in [6.45, 7) is 2.66. The fourth-order valence-corrected chi connectivity index (χ4v) is 1.42. The van der Waals surface area contributed by atoms with Gasteiger partial charge in [0.15, 0.2) is 11.6 Å². The Kier molecular flexibility index (Phi) is 6.89. The van der Waals surface area contributed by atoms with E-state index in [2.05, 4.69) is 5.32 Å². The number of carbonyl (C=O) groups is 1. The second kappa shape index (κ2) is 8.48. The molecule has 1 aromatic carbocycles. The van der Waals surface area contributed by atoms with Crippen LogP contribution in [0.25, 0.3) is 0 Å². The smallest absolute Gasteiger partial charge is 0.220 e. The molecule has 1 aromatic rings. The van der Waals surface area contributed by atoms with Crippen molar-refractivity contribution >= 4 is 5.91 Å². The van der Waals surface area contributed by atoms with E-state index in [0.717, 1.165) is 0 Å². The number of amides is 1. The van der Waals surface area contributed by atoms with E-state index in [-0.39, 0.29) is 24.2 Å². The lowest BCUT2D eigenvalue weighted by atomic mass is 10.2. The molecular formula is C14H20FNO3. The van der Waals surface area contributed by atoms with Crippen molar-refractivity contribution in [3.8, 4) is 5.75 Å². The summed E-state index contributed by atoms with van der Waals surface area (Å²) in [5.74, 6) is -0.225. The number of aliphatic hydroxyl groups excluding tert-OH is 1. The molecule has 0 radical (unpaired) electrons. The minimum atomic E-state index is -0.399. The maximum Gasteiger partial charge on any atom is 0.220 e. The van der Waals surface area contributed by atoms with Crippen LogP contribution >= 0.6 is 0 Å². The summed E-state index contributed by atoms with van der Waals surface area (Å²) in [7, 11) is 0. The maximum atomic E-state index is 13.2. The van der Waals surface area contributed by atoms with Crippen LogP contribution in [0.4, 0.5) is 4.39 Å². The van der Waals surface area contributed by atoms with E-state index in [9.17, 15) is 9.18 Å². The summed E-state index contributed by atoms with van der Waals surface area (Å²) in [6.07, 6.45) is 0.847. The monoisotopic (exact) mass is 269 g/mol. The molecule has 1 amide bonds. The normalized spacial score (nSPS) is 11.9. The molecule has 0 aliphatic rings. The topological polar surface area (TPSA) is 58.6 Å². The maximum absolute atomic E-state index is 13.2. The average molecular weight is 269 g/mol. The highest BCUT2D eigenvalue weighted by Gasteiger charge is 2.05. The van der Waals surface area contributed by atoms with Gasteiger partial charge in [0.2, 0.25) is 5.91 Å². The van der Waals surface area contributed by atoms with Gasteiger partial charge in [-0.15, -0.1) is 0 Å². The van der Waals surface area contributed by atoms with Gasteiger partial charge in [0.1, 0.15) is 0 Å². The molecule has 5 heteroatoms. The fourth-order valence-electron chi connectivity index (χ4n) is 1.42. The summed E-state index contributed by atoms with van der Waals surface area (Å²) in [6, 6.07) is 6.18. The van der Waals surface area contributed by atoms with Crippen LogP contribution in [0.2, 0.25) is 0 Å². The number of para-hydroxylation sites is 1. The molecule has 19 heavy (non-hydrogen) atoms. The summed E-state index contributed by atoms with van der Waals surface area (Å²) >= 11 is 0. The van der Waals surface area contributed by atoms with E-state index in [4.69, 9.17) is 9.84 Å². The fraction of sp³-hybridized carbons (Fsp3) is 0.500. The molecule has 1 unspecified atom stereocenters. The van der Waals surface area contributed by atoms with Crippen molar-refractivity contribution in [2.75, 3.05) is 19.8 Å². The molecule has 106 valence electrons. The molecule has 2 N–H and O–H groups in total. The predicted octanol–water partition coefficient (Wildman–Crippen LogP) is 1.73. The Labute approximate surface area is 112 Å². The van der Waals surface area contributed by atoms with Crippen molar-refractivity contribution in [3.63, 3.8) is 0 Å². The van der Waals surface area contributed by atoms with Gasteiger partial charge in [0, 0.05) is 19.6 Å². The van der Waals surface area contributed by atoms with Crippen molar-refractivity contribution in [2.24, 2.45) is 5.92 Å². The molecule has 0 saturated heterocycles. The lowest BCUT2D eigenvalue weighted by Crippen LogP contribution is -2.29. The van der Waals surface area contributed by atoms with Crippen LogP contribution in [0.1, 0.15) is 19.8 Å². The number of halogens is 1. The number of ether oxygens (including phenoxy) is 1. The molecule has 1 rings (SSSR count). The first-order valence-electron chi connectivity index (χ1n) is 6.38. The quantitative estimate of drug-likeness (QED) is 0.707. The highest BCUT2D eigenvalue weighted by molar-refractivity contribution is 5.75. The van der Waals surface area contributed by atoms with E-state index in [0.29, 0.717) is 26.0 Å². The van der Waals surface area contributed by atoms with Crippen LogP contribution in [-0.4, -0.2) is 30.8 Å². The first-order chi connectivity index (χ1) is 9.13. The Morgan fingerprint density at radius 1 is 1.47 bits per heavy atom. The van der Waals surface area contributed by atoms with Gasteiger partial charge in [0.25, 0.3) is 0 Å². The van der Waals surface area contributed by atoms with Crippen LogP contribution in [0, 0.1) is 11.7 Å². The molecule has 0 saturated carbocycles. The van der Waals surface area contributed by atoms with Crippen molar-refractivity contribution in [1.82, 2.24) is 5.32 Å². The van der Waals surface area contributed by atoms with Gasteiger partial charge in [-0.25, -0.2) is 4.39 Å². The van der Waals surface area contributed by atoms with Gasteiger partial charge >= 0.3 is 0 Å². The number of hydrogen-bond donors (Lipinski definition) is 2. The lowest BCUT2D eigenvalue weighted by molar-refractivity contribution is -0.121. The van der Waals surface area contributed by atoms with Gasteiger partial charge in [-0.2, -0.15) is 0 Å². The van der Waals surface area contributed by atoms with Crippen LogP contribution in [0.5, 0.6) is 5.75 Å². The number of carbonyl (C=O) groups excluding carboxylic acids is 1. The summed E-state index contributed by atoms with van der Waals surface area (Å²) < 4.78 is 18.4. The third kappa shape index (κ3) is 6.20. The standard InChI is InChI=1S/C14H20FNO3/c1-11(10-17)9-16-14(18)7-4-8-19-13-6-3-2-5-12(13)15/h2-3,5-6,11,17H,4,7-10H2,1H3,(H,16,18). The second-order valence-corrected chi connectivity index (χ2v) is 4.47. The van der Waals surface area contributed by atoms with Gasteiger partial charge in [-0.3, -0.25) is 4.79 Å². The molecule has 0 aliphatic carbocycles. The van der Waals surface area contributed by atoms with Crippen LogP contribution in [0.15, 0.2) is 24.3 Å². The summed E-state index contributed by atoms with van der Waals surface area (Å²) in [5.41, 5.74) is 0. The predicted molar refractivity (Wildman–Crippen MR) is 70.4 cm³/mol. The molecule has 0 heterocycles. The van der Waals surface area contributed by atoms with E-state index < -0.39 is 5.82 Å². The second-order valence-electron chi connectivity index (χ2n) is 4.47. The van der Waals surface area contributed by atoms with Crippen molar-refractivity contribution < 1.29 is 19.0 Å².